The van der Waals surface area contributed by atoms with Crippen molar-refractivity contribution in [2.45, 2.75) is 64.9 Å². The smallest absolute Gasteiger partial charge is 0.352 e. The number of thioether (sulfide) groups is 1. The fourth-order valence-corrected chi connectivity index (χ4v) is 5.40. The molecule has 4 atom stereocenters. The van der Waals surface area contributed by atoms with Crippen molar-refractivity contribution in [3.8, 4) is 5.75 Å². The number of nitrogens with zero attached hydrogens (tertiary/aromatic N) is 1. The van der Waals surface area contributed by atoms with E-state index < -0.39 is 23.5 Å². The zero-order valence-corrected chi connectivity index (χ0v) is 22.7. The second kappa shape index (κ2) is 13.1. The van der Waals surface area contributed by atoms with Crippen LogP contribution in [0.25, 0.3) is 10.8 Å². The lowest BCUT2D eigenvalue weighted by molar-refractivity contribution is -0.163. The highest BCUT2D eigenvalue weighted by molar-refractivity contribution is 7.99. The Kier molecular flexibility index (Phi) is 10.8. The van der Waals surface area contributed by atoms with E-state index in [0.717, 1.165) is 16.3 Å². The summed E-state index contributed by atoms with van der Waals surface area (Å²) in [5, 5.41) is 21.7. The van der Waals surface area contributed by atoms with Gasteiger partial charge in [0.25, 0.3) is 0 Å². The normalized spacial score (nSPS) is 21.2. The van der Waals surface area contributed by atoms with Gasteiger partial charge >= 0.3 is 5.97 Å². The summed E-state index contributed by atoms with van der Waals surface area (Å²) in [4.78, 5) is 25.8. The minimum atomic E-state index is -1.16. The molecule has 8 nitrogen and oxygen atoms in total. The van der Waals surface area contributed by atoms with Gasteiger partial charge < -0.3 is 31.3 Å². The third-order valence-corrected chi connectivity index (χ3v) is 7.17. The molecule has 2 aromatic rings. The number of β-lactam (4-membered cyclic amide) rings is 1. The number of carbonyl (C=O) groups is 2. The number of nitrogens with two attached hydrogens (primary N) is 2. The van der Waals surface area contributed by atoms with E-state index in [1.807, 2.05) is 71.0 Å². The number of aliphatic carboxylic acids is 1. The number of hydrogen-bond donors (Lipinski definition) is 4. The molecule has 198 valence electrons. The first-order valence-corrected chi connectivity index (χ1v) is 13.5. The standard InChI is InChI=1S/C23H27N3O5S.2C2H6/c1-11-16(20(22(29)30)26-19(11)18(12(2)27)21(26)28)9-31-17-8-4-6-14-13(10-32-23(24)25)5-3-7-15(14)17;2*1-2/h3-8,11-12,18-19,23,27H,9-10,24-25H2,1-2H3,(H,29,30);2*1-2H3. The van der Waals surface area contributed by atoms with Gasteiger partial charge in [0.2, 0.25) is 5.91 Å². The Hall–Kier alpha value is -2.59. The Bertz CT molecular complexity index is 1100. The highest BCUT2D eigenvalue weighted by Crippen LogP contribution is 2.47. The molecular weight excluding hydrogens is 478 g/mol. The summed E-state index contributed by atoms with van der Waals surface area (Å²) in [7, 11) is 0. The molecule has 4 unspecified atom stereocenters. The van der Waals surface area contributed by atoms with Crippen LogP contribution in [0, 0.1) is 11.8 Å². The van der Waals surface area contributed by atoms with Crippen LogP contribution in [0.1, 0.15) is 47.1 Å². The van der Waals surface area contributed by atoms with Gasteiger partial charge in [-0.25, -0.2) is 4.79 Å². The molecule has 0 bridgehead atoms. The molecule has 6 N–H and O–H groups in total. The van der Waals surface area contributed by atoms with Crippen LogP contribution >= 0.6 is 11.8 Å². The van der Waals surface area contributed by atoms with Gasteiger partial charge in [0, 0.05) is 22.6 Å². The summed E-state index contributed by atoms with van der Waals surface area (Å²) in [5.74, 6) is -1.05. The van der Waals surface area contributed by atoms with Gasteiger partial charge in [-0.3, -0.25) is 4.79 Å². The summed E-state index contributed by atoms with van der Waals surface area (Å²) in [5.41, 5.74) is 12.5. The fourth-order valence-electron chi connectivity index (χ4n) is 4.77. The van der Waals surface area contributed by atoms with Gasteiger partial charge in [0.1, 0.15) is 23.6 Å². The highest BCUT2D eigenvalue weighted by atomic mass is 32.2. The van der Waals surface area contributed by atoms with Crippen LogP contribution in [0.4, 0.5) is 0 Å². The lowest BCUT2D eigenvalue weighted by Crippen LogP contribution is -2.63. The Labute approximate surface area is 217 Å². The highest BCUT2D eigenvalue weighted by Gasteiger charge is 2.59. The number of carbonyl (C=O) groups excluding carboxylic acids is 1. The number of hydrogen-bond acceptors (Lipinski definition) is 7. The first-order valence-electron chi connectivity index (χ1n) is 12.5. The number of carboxylic acid groups (broad SMARTS) is 1. The number of aliphatic hydroxyl groups is 1. The maximum absolute atomic E-state index is 12.5. The van der Waals surface area contributed by atoms with Crippen molar-refractivity contribution in [3.05, 3.63) is 53.2 Å². The Morgan fingerprint density at radius 1 is 1.11 bits per heavy atom. The predicted octanol–water partition coefficient (Wildman–Crippen LogP) is 3.90. The summed E-state index contributed by atoms with van der Waals surface area (Å²) >= 11 is 1.44. The van der Waals surface area contributed by atoms with Crippen LogP contribution in [-0.2, 0) is 15.3 Å². The number of amides is 1. The quantitative estimate of drug-likeness (QED) is 0.305. The van der Waals surface area contributed by atoms with Gasteiger partial charge in [0.15, 0.2) is 0 Å². The molecule has 2 aromatic carbocycles. The first-order chi connectivity index (χ1) is 17.2. The SMILES string of the molecule is CC.CC.CC(O)C1C(=O)N2C(C(=O)O)=C(COc3cccc4c(CSC(N)N)cccc34)C(C)C12. The lowest BCUT2D eigenvalue weighted by atomic mass is 9.78. The second-order valence-corrected chi connectivity index (χ2v) is 9.43. The molecule has 1 saturated heterocycles. The minimum Gasteiger partial charge on any atom is -0.488 e. The van der Waals surface area contributed by atoms with E-state index in [-0.39, 0.29) is 30.2 Å². The van der Waals surface area contributed by atoms with E-state index in [1.165, 1.54) is 16.7 Å². The molecule has 0 spiro atoms. The van der Waals surface area contributed by atoms with Crippen molar-refractivity contribution in [2.75, 3.05) is 6.61 Å². The minimum absolute atomic E-state index is 0.0290. The van der Waals surface area contributed by atoms with Crippen molar-refractivity contribution < 1.29 is 24.5 Å². The average Bonchev–Trinajstić information content (AvgIpc) is 3.11. The molecule has 0 aromatic heterocycles. The number of benzene rings is 2. The van der Waals surface area contributed by atoms with Gasteiger partial charge in [-0.05, 0) is 23.9 Å². The molecule has 4 rings (SSSR count). The predicted molar refractivity (Wildman–Crippen MR) is 145 cm³/mol. The van der Waals surface area contributed by atoms with E-state index in [1.54, 1.807) is 6.92 Å². The molecule has 0 radical (unpaired) electrons. The van der Waals surface area contributed by atoms with E-state index in [0.29, 0.717) is 17.1 Å². The summed E-state index contributed by atoms with van der Waals surface area (Å²) < 4.78 is 6.11. The lowest BCUT2D eigenvalue weighted by Gasteiger charge is -2.46. The van der Waals surface area contributed by atoms with E-state index in [2.05, 4.69) is 0 Å². The van der Waals surface area contributed by atoms with Crippen LogP contribution in [0.15, 0.2) is 47.7 Å². The van der Waals surface area contributed by atoms with E-state index in [9.17, 15) is 19.8 Å². The van der Waals surface area contributed by atoms with Crippen LogP contribution < -0.4 is 16.2 Å². The largest absolute Gasteiger partial charge is 0.488 e. The Morgan fingerprint density at radius 3 is 2.31 bits per heavy atom. The van der Waals surface area contributed by atoms with Gasteiger partial charge in [-0.2, -0.15) is 0 Å². The Balaban J connectivity index is 0.00000109. The zero-order chi connectivity index (χ0) is 27.2. The summed E-state index contributed by atoms with van der Waals surface area (Å²) in [6.07, 6.45) is -0.836. The van der Waals surface area contributed by atoms with Gasteiger partial charge in [0.05, 0.1) is 18.1 Å². The molecule has 0 aliphatic carbocycles. The van der Waals surface area contributed by atoms with Gasteiger partial charge in [-0.15, -0.1) is 11.8 Å². The zero-order valence-electron chi connectivity index (χ0n) is 21.9. The van der Waals surface area contributed by atoms with Gasteiger partial charge in [-0.1, -0.05) is 65.0 Å². The number of rotatable bonds is 8. The molecule has 2 heterocycles. The van der Waals surface area contributed by atoms with E-state index in [4.69, 9.17) is 16.2 Å². The Morgan fingerprint density at radius 2 is 1.72 bits per heavy atom. The first kappa shape index (κ1) is 29.6. The molecule has 9 heteroatoms. The van der Waals surface area contributed by atoms with Crippen molar-refractivity contribution in [1.82, 2.24) is 4.90 Å². The maximum atomic E-state index is 12.5. The van der Waals surface area contributed by atoms with Crippen LogP contribution in [0.2, 0.25) is 0 Å². The fraction of sp³-hybridized carbons (Fsp3) is 0.481. The van der Waals surface area contributed by atoms with Crippen molar-refractivity contribution in [3.63, 3.8) is 0 Å². The summed E-state index contributed by atoms with van der Waals surface area (Å²) in [6, 6.07) is 11.3. The topological polar surface area (TPSA) is 139 Å². The number of aliphatic hydroxyl groups excluding tert-OH is 1. The molecule has 1 amide bonds. The molecule has 2 aliphatic heterocycles. The monoisotopic (exact) mass is 517 g/mol. The second-order valence-electron chi connectivity index (χ2n) is 8.27. The maximum Gasteiger partial charge on any atom is 0.352 e. The third kappa shape index (κ3) is 5.70. The molecule has 1 fully saturated rings. The molecule has 0 saturated carbocycles. The van der Waals surface area contributed by atoms with Crippen LogP contribution in [0.3, 0.4) is 0 Å². The average molecular weight is 518 g/mol. The number of carboxylic acids is 1. The van der Waals surface area contributed by atoms with Crippen molar-refractivity contribution >= 4 is 34.4 Å². The molecule has 36 heavy (non-hydrogen) atoms. The van der Waals surface area contributed by atoms with Crippen molar-refractivity contribution in [2.24, 2.45) is 23.3 Å². The number of ether oxygens (including phenoxy) is 1. The number of fused-ring (bicyclic) bond motifs is 2. The van der Waals surface area contributed by atoms with E-state index >= 15 is 0 Å². The van der Waals surface area contributed by atoms with Crippen LogP contribution in [-0.4, -0.2) is 51.2 Å². The molecule has 2 aliphatic rings. The van der Waals surface area contributed by atoms with Crippen molar-refractivity contribution in [1.29, 1.82) is 0 Å². The van der Waals surface area contributed by atoms with Crippen LogP contribution in [0.5, 0.6) is 5.75 Å². The third-order valence-electron chi connectivity index (χ3n) is 6.30. The molecular formula is C27H39N3O5S. The summed E-state index contributed by atoms with van der Waals surface area (Å²) in [6.45, 7) is 11.5.